The molecule has 2 aromatic rings. The van der Waals surface area contributed by atoms with E-state index in [0.29, 0.717) is 29.4 Å². The van der Waals surface area contributed by atoms with E-state index in [9.17, 15) is 27.6 Å². The minimum atomic E-state index is -2.92. The van der Waals surface area contributed by atoms with E-state index in [4.69, 9.17) is 27.9 Å². The number of benzene rings is 2. The molecule has 3 atom stereocenters. The van der Waals surface area contributed by atoms with Gasteiger partial charge in [-0.1, -0.05) is 29.3 Å². The van der Waals surface area contributed by atoms with Crippen LogP contribution in [0.5, 0.6) is 5.75 Å². The van der Waals surface area contributed by atoms with E-state index in [0.717, 1.165) is 5.56 Å². The number of likely N-dealkylation sites (tertiary alicyclic amines) is 2. The summed E-state index contributed by atoms with van der Waals surface area (Å²) >= 11 is 12.4. The summed E-state index contributed by atoms with van der Waals surface area (Å²) in [5.41, 5.74) is 0.793. The summed E-state index contributed by atoms with van der Waals surface area (Å²) < 4.78 is 45.4. The minimum Gasteiger partial charge on any atom is -0.410 e. The summed E-state index contributed by atoms with van der Waals surface area (Å²) in [5.74, 6) is -5.76. The van der Waals surface area contributed by atoms with Gasteiger partial charge in [-0.3, -0.25) is 9.59 Å². The molecule has 0 bridgehead atoms. The number of nitrogens with zero attached hydrogens (tertiary/aromatic N) is 3. The molecule has 2 aliphatic heterocycles. The lowest BCUT2D eigenvalue weighted by atomic mass is 9.93. The number of amides is 3. The Balaban J connectivity index is 1.28. The number of alkyl halides is 2. The van der Waals surface area contributed by atoms with Crippen molar-refractivity contribution in [3.63, 3.8) is 0 Å². The molecular formula is C28H28Cl2F3N3O4. The Morgan fingerprint density at radius 3 is 2.20 bits per heavy atom. The van der Waals surface area contributed by atoms with Gasteiger partial charge < -0.3 is 19.4 Å². The van der Waals surface area contributed by atoms with E-state index in [-0.39, 0.29) is 43.1 Å². The Morgan fingerprint density at radius 1 is 0.950 bits per heavy atom. The summed E-state index contributed by atoms with van der Waals surface area (Å²) in [5, 5.41) is 0.722. The van der Waals surface area contributed by atoms with Gasteiger partial charge in [0.05, 0.1) is 16.1 Å². The topological polar surface area (TPSA) is 70.2 Å². The number of hydrogen-bond acceptors (Lipinski definition) is 4. The second-order valence-electron chi connectivity index (χ2n) is 10.6. The van der Waals surface area contributed by atoms with Crippen molar-refractivity contribution < 1.29 is 32.3 Å². The van der Waals surface area contributed by atoms with E-state index >= 15 is 0 Å². The van der Waals surface area contributed by atoms with Crippen LogP contribution in [0.1, 0.15) is 30.7 Å². The van der Waals surface area contributed by atoms with Crippen molar-refractivity contribution in [1.29, 1.82) is 0 Å². The zero-order valence-electron chi connectivity index (χ0n) is 21.7. The molecule has 2 heterocycles. The van der Waals surface area contributed by atoms with Gasteiger partial charge in [-0.25, -0.2) is 18.0 Å². The Hall–Kier alpha value is -2.98. The van der Waals surface area contributed by atoms with Gasteiger partial charge >= 0.3 is 6.09 Å². The third-order valence-electron chi connectivity index (χ3n) is 8.06. The van der Waals surface area contributed by atoms with Crippen LogP contribution in [0.3, 0.4) is 0 Å². The third-order valence-corrected chi connectivity index (χ3v) is 8.80. The van der Waals surface area contributed by atoms with Crippen molar-refractivity contribution in [3.8, 4) is 5.75 Å². The summed E-state index contributed by atoms with van der Waals surface area (Å²) in [6.07, 6.45) is -0.319. The van der Waals surface area contributed by atoms with Gasteiger partial charge in [-0.15, -0.1) is 0 Å². The third kappa shape index (κ3) is 5.88. The molecule has 40 heavy (non-hydrogen) atoms. The molecule has 3 amide bonds. The van der Waals surface area contributed by atoms with Gasteiger partial charge in [0.25, 0.3) is 5.92 Å². The van der Waals surface area contributed by atoms with Crippen LogP contribution in [-0.2, 0) is 9.59 Å². The van der Waals surface area contributed by atoms with Crippen LogP contribution in [0.2, 0.25) is 10.0 Å². The maximum atomic E-state index is 13.6. The molecule has 0 aromatic heterocycles. The van der Waals surface area contributed by atoms with E-state index in [1.807, 2.05) is 0 Å². The van der Waals surface area contributed by atoms with Crippen molar-refractivity contribution in [2.75, 3.05) is 33.2 Å². The van der Waals surface area contributed by atoms with Crippen molar-refractivity contribution in [1.82, 2.24) is 14.7 Å². The lowest BCUT2D eigenvalue weighted by molar-refractivity contribution is -0.141. The second kappa shape index (κ2) is 11.1. The molecule has 0 spiro atoms. The summed E-state index contributed by atoms with van der Waals surface area (Å²) in [4.78, 5) is 43.5. The lowest BCUT2D eigenvalue weighted by Crippen LogP contribution is -2.46. The standard InChI is InChI=1S/C28H28Cl2F3N3O4/c1-34(27(39)40-19-5-3-18(31)4-6-19)24-15-36(14-20(24)17-2-7-22(29)23(30)12-17)25(37)16-8-10-35(11-9-16)26(38)21-13-28(21,32)33/h2-7,12,16,20-21,24H,8-11,13-15H2,1H3/t20-,21?,24+/m0/s1. The summed E-state index contributed by atoms with van der Waals surface area (Å²) in [6.45, 7) is 1.04. The zero-order chi connectivity index (χ0) is 28.8. The molecule has 2 aromatic carbocycles. The maximum Gasteiger partial charge on any atom is 0.415 e. The van der Waals surface area contributed by atoms with E-state index in [2.05, 4.69) is 0 Å². The van der Waals surface area contributed by atoms with Crippen LogP contribution in [0.15, 0.2) is 42.5 Å². The van der Waals surface area contributed by atoms with E-state index in [1.54, 1.807) is 30.1 Å². The van der Waals surface area contributed by atoms with Crippen LogP contribution in [0.4, 0.5) is 18.0 Å². The second-order valence-corrected chi connectivity index (χ2v) is 11.5. The van der Waals surface area contributed by atoms with Crippen LogP contribution in [0, 0.1) is 17.7 Å². The van der Waals surface area contributed by atoms with Gasteiger partial charge in [-0.05, 0) is 54.8 Å². The average Bonchev–Trinajstić information content (AvgIpc) is 3.36. The van der Waals surface area contributed by atoms with Crippen LogP contribution >= 0.6 is 23.2 Å². The maximum absolute atomic E-state index is 13.6. The average molecular weight is 598 g/mol. The SMILES string of the molecule is CN(C(=O)Oc1ccc(F)cc1)[C@@H]1CN(C(=O)C2CCN(C(=O)C3CC3(F)F)CC2)C[C@H]1c1ccc(Cl)c(Cl)c1. The van der Waals surface area contributed by atoms with Gasteiger partial charge in [0.2, 0.25) is 11.8 Å². The fourth-order valence-electron chi connectivity index (χ4n) is 5.55. The van der Waals surface area contributed by atoms with E-state index < -0.39 is 42.1 Å². The Labute approximate surface area is 239 Å². The van der Waals surface area contributed by atoms with Crippen molar-refractivity contribution >= 4 is 41.1 Å². The molecule has 1 unspecified atom stereocenters. The van der Waals surface area contributed by atoms with Gasteiger partial charge in [0, 0.05) is 51.5 Å². The summed E-state index contributed by atoms with van der Waals surface area (Å²) in [6, 6.07) is 9.79. The molecule has 7 nitrogen and oxygen atoms in total. The van der Waals surface area contributed by atoms with Gasteiger partial charge in [0.1, 0.15) is 17.5 Å². The van der Waals surface area contributed by atoms with E-state index in [1.165, 1.54) is 34.1 Å². The molecule has 214 valence electrons. The molecule has 0 N–H and O–H groups in total. The highest BCUT2D eigenvalue weighted by molar-refractivity contribution is 6.42. The highest BCUT2D eigenvalue weighted by atomic mass is 35.5. The number of rotatable bonds is 5. The van der Waals surface area contributed by atoms with Crippen molar-refractivity contribution in [2.24, 2.45) is 11.8 Å². The molecule has 2 saturated heterocycles. The Bertz CT molecular complexity index is 1300. The molecular weight excluding hydrogens is 570 g/mol. The lowest BCUT2D eigenvalue weighted by Gasteiger charge is -2.33. The first kappa shape index (κ1) is 28.5. The normalized spacial score (nSPS) is 24.1. The zero-order valence-corrected chi connectivity index (χ0v) is 23.2. The fourth-order valence-corrected chi connectivity index (χ4v) is 5.85. The molecule has 5 rings (SSSR count). The smallest absolute Gasteiger partial charge is 0.410 e. The predicted molar refractivity (Wildman–Crippen MR) is 142 cm³/mol. The quantitative estimate of drug-likeness (QED) is 0.459. The van der Waals surface area contributed by atoms with Crippen LogP contribution in [0.25, 0.3) is 0 Å². The first-order valence-electron chi connectivity index (χ1n) is 13.0. The van der Waals surface area contributed by atoms with Crippen molar-refractivity contribution in [3.05, 3.63) is 63.9 Å². The number of hydrogen-bond donors (Lipinski definition) is 0. The highest BCUT2D eigenvalue weighted by Gasteiger charge is 2.62. The fraction of sp³-hybridized carbons (Fsp3) is 0.464. The van der Waals surface area contributed by atoms with Crippen LogP contribution < -0.4 is 4.74 Å². The number of likely N-dealkylation sites (N-methyl/N-ethyl adjacent to an activating group) is 1. The number of halogens is 5. The molecule has 12 heteroatoms. The van der Waals surface area contributed by atoms with Gasteiger partial charge in [-0.2, -0.15) is 0 Å². The Morgan fingerprint density at radius 2 is 1.60 bits per heavy atom. The highest BCUT2D eigenvalue weighted by Crippen LogP contribution is 2.49. The molecule has 0 radical (unpaired) electrons. The number of piperidine rings is 1. The molecule has 3 fully saturated rings. The first-order chi connectivity index (χ1) is 18.9. The number of carbonyl (C=O) groups is 3. The number of ether oxygens (including phenoxy) is 1. The first-order valence-corrected chi connectivity index (χ1v) is 13.8. The Kier molecular flexibility index (Phi) is 7.94. The van der Waals surface area contributed by atoms with Crippen LogP contribution in [-0.4, -0.2) is 77.8 Å². The largest absolute Gasteiger partial charge is 0.415 e. The van der Waals surface area contributed by atoms with Crippen molar-refractivity contribution in [2.45, 2.75) is 37.1 Å². The summed E-state index contributed by atoms with van der Waals surface area (Å²) in [7, 11) is 1.58. The monoisotopic (exact) mass is 597 g/mol. The minimum absolute atomic E-state index is 0.114. The van der Waals surface area contributed by atoms with Gasteiger partial charge in [0.15, 0.2) is 0 Å². The molecule has 1 aliphatic carbocycles. The number of carbonyl (C=O) groups excluding carboxylic acids is 3. The molecule has 1 saturated carbocycles. The predicted octanol–water partition coefficient (Wildman–Crippen LogP) is 5.45. The molecule has 3 aliphatic rings.